The van der Waals surface area contributed by atoms with Crippen LogP contribution >= 0.6 is 11.6 Å². The first-order valence-electron chi connectivity index (χ1n) is 5.39. The van der Waals surface area contributed by atoms with E-state index in [0.29, 0.717) is 0 Å². The van der Waals surface area contributed by atoms with E-state index in [0.717, 1.165) is 22.7 Å². The summed E-state index contributed by atoms with van der Waals surface area (Å²) in [6, 6.07) is 9.69. The molecule has 0 saturated carbocycles. The third-order valence-electron chi connectivity index (χ3n) is 2.66. The number of rotatable bonds is 4. The number of nitrogens with two attached hydrogens (primary N) is 1. The SMILES string of the molecule is Cn1ccc(CC(NN)c2ccc(Cl)cc2)n1. The van der Waals surface area contributed by atoms with Crippen LogP contribution in [-0.4, -0.2) is 9.78 Å². The highest BCUT2D eigenvalue weighted by atomic mass is 35.5. The van der Waals surface area contributed by atoms with Crippen LogP contribution in [0.3, 0.4) is 0 Å². The smallest absolute Gasteiger partial charge is 0.0643 e. The summed E-state index contributed by atoms with van der Waals surface area (Å²) in [7, 11) is 1.90. The van der Waals surface area contributed by atoms with Crippen molar-refractivity contribution in [3.63, 3.8) is 0 Å². The molecule has 0 radical (unpaired) electrons. The maximum atomic E-state index is 5.86. The molecule has 1 aromatic heterocycles. The van der Waals surface area contributed by atoms with Crippen LogP contribution in [0.25, 0.3) is 0 Å². The lowest BCUT2D eigenvalue weighted by Gasteiger charge is -2.15. The molecule has 0 amide bonds. The number of nitrogens with zero attached hydrogens (tertiary/aromatic N) is 2. The number of aryl methyl sites for hydroxylation is 1. The lowest BCUT2D eigenvalue weighted by Crippen LogP contribution is -2.29. The van der Waals surface area contributed by atoms with Crippen LogP contribution in [0.4, 0.5) is 0 Å². The number of hydrogen-bond donors (Lipinski definition) is 2. The third kappa shape index (κ3) is 3.06. The number of nitrogens with one attached hydrogen (secondary N) is 1. The van der Waals surface area contributed by atoms with Gasteiger partial charge in [0.2, 0.25) is 0 Å². The van der Waals surface area contributed by atoms with Crippen LogP contribution < -0.4 is 11.3 Å². The Morgan fingerprint density at radius 1 is 1.35 bits per heavy atom. The van der Waals surface area contributed by atoms with Gasteiger partial charge in [0, 0.05) is 24.7 Å². The molecule has 2 rings (SSSR count). The highest BCUT2D eigenvalue weighted by Crippen LogP contribution is 2.19. The average Bonchev–Trinajstić information content (AvgIpc) is 2.73. The van der Waals surface area contributed by atoms with E-state index >= 15 is 0 Å². The first kappa shape index (κ1) is 12.1. The van der Waals surface area contributed by atoms with Crippen LogP contribution in [-0.2, 0) is 13.5 Å². The summed E-state index contributed by atoms with van der Waals surface area (Å²) >= 11 is 5.86. The summed E-state index contributed by atoms with van der Waals surface area (Å²) in [5.41, 5.74) is 4.91. The van der Waals surface area contributed by atoms with E-state index in [1.54, 1.807) is 4.68 Å². The third-order valence-corrected chi connectivity index (χ3v) is 2.91. The molecule has 1 unspecified atom stereocenters. The molecular formula is C12H15ClN4. The largest absolute Gasteiger partial charge is 0.276 e. The Balaban J connectivity index is 2.13. The average molecular weight is 251 g/mol. The van der Waals surface area contributed by atoms with E-state index in [1.807, 2.05) is 43.6 Å². The molecule has 5 heteroatoms. The van der Waals surface area contributed by atoms with Gasteiger partial charge in [-0.1, -0.05) is 23.7 Å². The zero-order chi connectivity index (χ0) is 12.3. The summed E-state index contributed by atoms with van der Waals surface area (Å²) in [6.07, 6.45) is 2.67. The fraction of sp³-hybridized carbons (Fsp3) is 0.250. The summed E-state index contributed by atoms with van der Waals surface area (Å²) in [4.78, 5) is 0. The van der Waals surface area contributed by atoms with E-state index in [1.165, 1.54) is 0 Å². The fourth-order valence-corrected chi connectivity index (χ4v) is 1.88. The van der Waals surface area contributed by atoms with Gasteiger partial charge < -0.3 is 0 Å². The standard InChI is InChI=1S/C12H15ClN4/c1-17-7-6-11(16-17)8-12(15-14)9-2-4-10(13)5-3-9/h2-7,12,15H,8,14H2,1H3. The van der Waals surface area contributed by atoms with Gasteiger partial charge in [-0.15, -0.1) is 0 Å². The molecule has 0 aliphatic rings. The van der Waals surface area contributed by atoms with Gasteiger partial charge >= 0.3 is 0 Å². The molecule has 0 aliphatic heterocycles. The number of hydrazine groups is 1. The Morgan fingerprint density at radius 2 is 2.06 bits per heavy atom. The maximum absolute atomic E-state index is 5.86. The molecular weight excluding hydrogens is 236 g/mol. The molecule has 1 atom stereocenters. The zero-order valence-electron chi connectivity index (χ0n) is 9.60. The molecule has 1 aromatic carbocycles. The van der Waals surface area contributed by atoms with Gasteiger partial charge in [0.15, 0.2) is 0 Å². The molecule has 17 heavy (non-hydrogen) atoms. The number of halogens is 1. The van der Waals surface area contributed by atoms with Gasteiger partial charge in [0.25, 0.3) is 0 Å². The molecule has 0 bridgehead atoms. The van der Waals surface area contributed by atoms with Gasteiger partial charge in [-0.05, 0) is 23.8 Å². The Bertz CT molecular complexity index is 478. The zero-order valence-corrected chi connectivity index (χ0v) is 10.4. The molecule has 0 saturated heterocycles. The highest BCUT2D eigenvalue weighted by Gasteiger charge is 2.11. The van der Waals surface area contributed by atoms with Crippen molar-refractivity contribution in [3.05, 3.63) is 52.8 Å². The first-order valence-corrected chi connectivity index (χ1v) is 5.77. The van der Waals surface area contributed by atoms with Crippen molar-refractivity contribution in [3.8, 4) is 0 Å². The predicted molar refractivity (Wildman–Crippen MR) is 68.4 cm³/mol. The lowest BCUT2D eigenvalue weighted by molar-refractivity contribution is 0.541. The minimum Gasteiger partial charge on any atom is -0.276 e. The summed E-state index contributed by atoms with van der Waals surface area (Å²) in [6.45, 7) is 0. The van der Waals surface area contributed by atoms with E-state index in [4.69, 9.17) is 17.4 Å². The topological polar surface area (TPSA) is 55.9 Å². The van der Waals surface area contributed by atoms with Crippen LogP contribution in [0, 0.1) is 0 Å². The second-order valence-electron chi connectivity index (χ2n) is 3.96. The van der Waals surface area contributed by atoms with E-state index in [-0.39, 0.29) is 6.04 Å². The van der Waals surface area contributed by atoms with Gasteiger partial charge in [0.1, 0.15) is 0 Å². The quantitative estimate of drug-likeness (QED) is 0.643. The lowest BCUT2D eigenvalue weighted by atomic mass is 10.0. The Kier molecular flexibility index (Phi) is 3.78. The second-order valence-corrected chi connectivity index (χ2v) is 4.39. The van der Waals surface area contributed by atoms with Crippen molar-refractivity contribution in [1.29, 1.82) is 0 Å². The molecule has 1 heterocycles. The van der Waals surface area contributed by atoms with Crippen molar-refractivity contribution in [2.24, 2.45) is 12.9 Å². The molecule has 90 valence electrons. The van der Waals surface area contributed by atoms with E-state index in [9.17, 15) is 0 Å². The van der Waals surface area contributed by atoms with Crippen molar-refractivity contribution in [1.82, 2.24) is 15.2 Å². The van der Waals surface area contributed by atoms with Crippen LogP contribution in [0.15, 0.2) is 36.5 Å². The highest BCUT2D eigenvalue weighted by molar-refractivity contribution is 6.30. The normalized spacial score (nSPS) is 12.6. The molecule has 0 fully saturated rings. The molecule has 0 aliphatic carbocycles. The number of hydrogen-bond acceptors (Lipinski definition) is 3. The van der Waals surface area contributed by atoms with Crippen molar-refractivity contribution >= 4 is 11.6 Å². The summed E-state index contributed by atoms with van der Waals surface area (Å²) in [5, 5.41) is 5.06. The van der Waals surface area contributed by atoms with Crippen molar-refractivity contribution in [2.75, 3.05) is 0 Å². The second kappa shape index (κ2) is 5.31. The van der Waals surface area contributed by atoms with E-state index < -0.39 is 0 Å². The summed E-state index contributed by atoms with van der Waals surface area (Å²) < 4.78 is 1.78. The number of benzene rings is 1. The number of aromatic nitrogens is 2. The molecule has 4 nitrogen and oxygen atoms in total. The van der Waals surface area contributed by atoms with Crippen molar-refractivity contribution in [2.45, 2.75) is 12.5 Å². The van der Waals surface area contributed by atoms with Gasteiger partial charge in [-0.25, -0.2) is 0 Å². The predicted octanol–water partition coefficient (Wildman–Crippen LogP) is 1.82. The maximum Gasteiger partial charge on any atom is 0.0643 e. The van der Waals surface area contributed by atoms with Crippen LogP contribution in [0.1, 0.15) is 17.3 Å². The summed E-state index contributed by atoms with van der Waals surface area (Å²) in [5.74, 6) is 5.58. The Morgan fingerprint density at radius 3 is 2.59 bits per heavy atom. The van der Waals surface area contributed by atoms with Crippen molar-refractivity contribution < 1.29 is 0 Å². The van der Waals surface area contributed by atoms with Crippen LogP contribution in [0.5, 0.6) is 0 Å². The molecule has 0 spiro atoms. The van der Waals surface area contributed by atoms with Gasteiger partial charge in [-0.2, -0.15) is 5.10 Å². The fourth-order valence-electron chi connectivity index (χ4n) is 1.75. The first-order chi connectivity index (χ1) is 8.19. The van der Waals surface area contributed by atoms with Crippen LogP contribution in [0.2, 0.25) is 5.02 Å². The minimum atomic E-state index is 0.0437. The monoisotopic (exact) mass is 250 g/mol. The van der Waals surface area contributed by atoms with Gasteiger partial charge in [-0.3, -0.25) is 16.0 Å². The Hall–Kier alpha value is -1.36. The Labute approximate surface area is 105 Å². The molecule has 2 aromatic rings. The van der Waals surface area contributed by atoms with E-state index in [2.05, 4.69) is 10.5 Å². The van der Waals surface area contributed by atoms with Gasteiger partial charge in [0.05, 0.1) is 11.7 Å². The minimum absolute atomic E-state index is 0.0437. The molecule has 3 N–H and O–H groups in total.